The molecule has 0 unspecified atom stereocenters. The number of hydrogen-bond donors (Lipinski definition) is 2. The molecular formula is C24H25N3O2. The van der Waals surface area contributed by atoms with Gasteiger partial charge in [-0.25, -0.2) is 0 Å². The number of nitrogens with one attached hydrogen (secondary N) is 1. The lowest BCUT2D eigenvalue weighted by Gasteiger charge is -2.25. The van der Waals surface area contributed by atoms with Crippen LogP contribution in [0.4, 0.5) is 5.69 Å². The van der Waals surface area contributed by atoms with Crippen molar-refractivity contribution in [3.63, 3.8) is 0 Å². The first-order chi connectivity index (χ1) is 14.1. The highest BCUT2D eigenvalue weighted by molar-refractivity contribution is 5.94. The van der Waals surface area contributed by atoms with Crippen molar-refractivity contribution in [3.05, 3.63) is 101 Å². The summed E-state index contributed by atoms with van der Waals surface area (Å²) in [5, 5.41) is 2.85. The molecule has 0 heterocycles. The van der Waals surface area contributed by atoms with Gasteiger partial charge in [0, 0.05) is 37.8 Å². The predicted molar refractivity (Wildman–Crippen MR) is 115 cm³/mol. The third-order valence-electron chi connectivity index (χ3n) is 4.60. The summed E-state index contributed by atoms with van der Waals surface area (Å²) in [5.41, 5.74) is 10.0. The quantitative estimate of drug-likeness (QED) is 0.645. The second-order valence-electron chi connectivity index (χ2n) is 6.89. The molecule has 0 saturated carbocycles. The Balaban J connectivity index is 1.92. The molecular weight excluding hydrogens is 362 g/mol. The highest BCUT2D eigenvalue weighted by Crippen LogP contribution is 2.21. The van der Waals surface area contributed by atoms with Crippen LogP contribution >= 0.6 is 0 Å². The Morgan fingerprint density at radius 3 is 2.28 bits per heavy atom. The minimum atomic E-state index is -0.144. The van der Waals surface area contributed by atoms with Gasteiger partial charge in [0.05, 0.1) is 0 Å². The summed E-state index contributed by atoms with van der Waals surface area (Å²) in [4.78, 5) is 26.6. The number of rotatable bonds is 7. The fraction of sp³-hybridized carbons (Fsp3) is 0.167. The van der Waals surface area contributed by atoms with Crippen LogP contribution in [0.15, 0.2) is 78.9 Å². The fourth-order valence-corrected chi connectivity index (χ4v) is 3.21. The van der Waals surface area contributed by atoms with Crippen LogP contribution in [0.25, 0.3) is 0 Å². The third-order valence-corrected chi connectivity index (χ3v) is 4.60. The summed E-state index contributed by atoms with van der Waals surface area (Å²) in [5.74, 6) is -0.213. The lowest BCUT2D eigenvalue weighted by Crippen LogP contribution is -2.30. The molecule has 0 aliphatic heterocycles. The number of nitrogens with two attached hydrogens (primary N) is 1. The summed E-state index contributed by atoms with van der Waals surface area (Å²) in [6.07, 6.45) is 0. The summed E-state index contributed by atoms with van der Waals surface area (Å²) >= 11 is 0. The van der Waals surface area contributed by atoms with Crippen LogP contribution in [-0.4, -0.2) is 16.7 Å². The zero-order valence-electron chi connectivity index (χ0n) is 16.5. The van der Waals surface area contributed by atoms with Gasteiger partial charge in [0.2, 0.25) is 5.91 Å². The Morgan fingerprint density at radius 2 is 1.55 bits per heavy atom. The summed E-state index contributed by atoms with van der Waals surface area (Å²) in [7, 11) is 0. The average molecular weight is 387 g/mol. The first kappa shape index (κ1) is 20.3. The second-order valence-corrected chi connectivity index (χ2v) is 6.89. The van der Waals surface area contributed by atoms with Gasteiger partial charge < -0.3 is 16.0 Å². The molecule has 0 atom stereocenters. The maximum atomic E-state index is 13.3. The Morgan fingerprint density at radius 1 is 0.862 bits per heavy atom. The molecule has 0 aromatic heterocycles. The Kier molecular flexibility index (Phi) is 6.76. The van der Waals surface area contributed by atoms with Crippen molar-refractivity contribution in [2.45, 2.75) is 26.6 Å². The van der Waals surface area contributed by atoms with Gasteiger partial charge >= 0.3 is 0 Å². The largest absolute Gasteiger partial charge is 0.330 e. The number of carbonyl (C=O) groups is 2. The molecule has 0 bridgehead atoms. The van der Waals surface area contributed by atoms with Crippen molar-refractivity contribution in [2.75, 3.05) is 5.32 Å². The predicted octanol–water partition coefficient (Wildman–Crippen LogP) is 3.95. The molecule has 2 amide bonds. The van der Waals surface area contributed by atoms with Crippen molar-refractivity contribution in [1.82, 2.24) is 4.90 Å². The number of carbonyl (C=O) groups excluding carboxylic acids is 2. The smallest absolute Gasteiger partial charge is 0.254 e. The number of amides is 2. The van der Waals surface area contributed by atoms with E-state index >= 15 is 0 Å². The lowest BCUT2D eigenvalue weighted by molar-refractivity contribution is -0.114. The minimum absolute atomic E-state index is 0.0682. The van der Waals surface area contributed by atoms with Gasteiger partial charge in [-0.05, 0) is 34.9 Å². The van der Waals surface area contributed by atoms with E-state index in [4.69, 9.17) is 5.73 Å². The molecule has 3 aromatic carbocycles. The first-order valence-electron chi connectivity index (χ1n) is 9.54. The Labute approximate surface area is 171 Å². The van der Waals surface area contributed by atoms with E-state index in [0.29, 0.717) is 30.9 Å². The van der Waals surface area contributed by atoms with Gasteiger partial charge in [0.25, 0.3) is 5.91 Å². The number of anilines is 1. The van der Waals surface area contributed by atoms with Crippen LogP contribution in [0.2, 0.25) is 0 Å². The first-order valence-corrected chi connectivity index (χ1v) is 9.54. The van der Waals surface area contributed by atoms with E-state index in [9.17, 15) is 9.59 Å². The van der Waals surface area contributed by atoms with Crippen LogP contribution in [0, 0.1) is 0 Å². The van der Waals surface area contributed by atoms with E-state index < -0.39 is 0 Å². The normalized spacial score (nSPS) is 10.4. The Bertz CT molecular complexity index is 986. The molecule has 5 heteroatoms. The van der Waals surface area contributed by atoms with E-state index in [1.165, 1.54) is 6.92 Å². The molecule has 3 N–H and O–H groups in total. The molecule has 5 nitrogen and oxygen atoms in total. The summed E-state index contributed by atoms with van der Waals surface area (Å²) < 4.78 is 0. The van der Waals surface area contributed by atoms with Crippen molar-refractivity contribution in [3.8, 4) is 0 Å². The second kappa shape index (κ2) is 9.66. The van der Waals surface area contributed by atoms with E-state index in [1.54, 1.807) is 4.90 Å². The molecule has 0 spiro atoms. The van der Waals surface area contributed by atoms with Crippen molar-refractivity contribution in [2.24, 2.45) is 5.73 Å². The van der Waals surface area contributed by atoms with Crippen molar-refractivity contribution in [1.29, 1.82) is 0 Å². The molecule has 0 fully saturated rings. The van der Waals surface area contributed by atoms with Gasteiger partial charge in [-0.15, -0.1) is 0 Å². The lowest BCUT2D eigenvalue weighted by atomic mass is 10.1. The van der Waals surface area contributed by atoms with Gasteiger partial charge in [-0.1, -0.05) is 60.7 Å². The summed E-state index contributed by atoms with van der Waals surface area (Å²) in [6, 6.07) is 24.7. The SMILES string of the molecule is CC(=O)Nc1ccccc1CN(Cc1cccc(CN)c1)C(=O)c1ccccc1. The average Bonchev–Trinajstić information content (AvgIpc) is 2.74. The number of nitrogens with zero attached hydrogens (tertiary/aromatic N) is 1. The maximum absolute atomic E-state index is 13.3. The van der Waals surface area contributed by atoms with Crippen LogP contribution < -0.4 is 11.1 Å². The third kappa shape index (κ3) is 5.53. The highest BCUT2D eigenvalue weighted by atomic mass is 16.2. The molecule has 148 valence electrons. The zero-order valence-corrected chi connectivity index (χ0v) is 16.5. The van der Waals surface area contributed by atoms with E-state index in [2.05, 4.69) is 5.32 Å². The summed E-state index contributed by atoms with van der Waals surface area (Å²) in [6.45, 7) is 2.74. The molecule has 0 saturated heterocycles. The molecule has 29 heavy (non-hydrogen) atoms. The van der Waals surface area contributed by atoms with Crippen LogP contribution in [0.1, 0.15) is 34.0 Å². The monoisotopic (exact) mass is 387 g/mol. The van der Waals surface area contributed by atoms with E-state index in [1.807, 2.05) is 78.9 Å². The molecule has 0 aliphatic carbocycles. The highest BCUT2D eigenvalue weighted by Gasteiger charge is 2.18. The van der Waals surface area contributed by atoms with Crippen LogP contribution in [0.5, 0.6) is 0 Å². The van der Waals surface area contributed by atoms with E-state index in [-0.39, 0.29) is 11.8 Å². The van der Waals surface area contributed by atoms with Gasteiger partial charge in [-0.3, -0.25) is 9.59 Å². The van der Waals surface area contributed by atoms with Gasteiger partial charge in [-0.2, -0.15) is 0 Å². The molecule has 3 aromatic rings. The molecule has 3 rings (SSSR count). The van der Waals surface area contributed by atoms with Gasteiger partial charge in [0.1, 0.15) is 0 Å². The van der Waals surface area contributed by atoms with Crippen LogP contribution in [0.3, 0.4) is 0 Å². The fourth-order valence-electron chi connectivity index (χ4n) is 3.21. The zero-order chi connectivity index (χ0) is 20.6. The molecule has 0 radical (unpaired) electrons. The van der Waals surface area contributed by atoms with Gasteiger partial charge in [0.15, 0.2) is 0 Å². The topological polar surface area (TPSA) is 75.4 Å². The minimum Gasteiger partial charge on any atom is -0.330 e. The van der Waals surface area contributed by atoms with E-state index in [0.717, 1.165) is 16.7 Å². The van der Waals surface area contributed by atoms with Crippen molar-refractivity contribution < 1.29 is 9.59 Å². The maximum Gasteiger partial charge on any atom is 0.254 e. The van der Waals surface area contributed by atoms with Crippen molar-refractivity contribution >= 4 is 17.5 Å². The standard InChI is InChI=1S/C24H25N3O2/c1-18(28)26-23-13-6-5-12-22(23)17-27(24(29)21-10-3-2-4-11-21)16-20-9-7-8-19(14-20)15-25/h2-14H,15-17,25H2,1H3,(H,26,28). The molecule has 0 aliphatic rings. The number of hydrogen-bond acceptors (Lipinski definition) is 3. The number of benzene rings is 3. The van der Waals surface area contributed by atoms with Crippen LogP contribution in [-0.2, 0) is 24.4 Å². The Hall–Kier alpha value is -3.44. The number of para-hydroxylation sites is 1.